The molecule has 2 rings (SSSR count). The van der Waals surface area contributed by atoms with Crippen LogP contribution in [0.25, 0.3) is 0 Å². The monoisotopic (exact) mass is 422 g/mol. The normalized spacial score (nSPS) is 20.6. The number of carbonyl (C=O) groups is 2. The molecule has 3 atom stereocenters. The van der Waals surface area contributed by atoms with Gasteiger partial charge in [-0.1, -0.05) is 11.8 Å². The van der Waals surface area contributed by atoms with Gasteiger partial charge in [0.1, 0.15) is 18.1 Å². The first-order valence-corrected chi connectivity index (χ1v) is 8.85. The Hall–Kier alpha value is -3.24. The van der Waals surface area contributed by atoms with Crippen molar-refractivity contribution < 1.29 is 34.5 Å². The quantitative estimate of drug-likeness (QED) is 0.134. The summed E-state index contributed by atoms with van der Waals surface area (Å²) in [4.78, 5) is 38.3. The van der Waals surface area contributed by atoms with Crippen LogP contribution in [0.3, 0.4) is 0 Å². The molecular formula is C18H22N4O8. The molecule has 0 saturated carbocycles. The maximum Gasteiger partial charge on any atom is 0.351 e. The Balaban J connectivity index is 2.03. The lowest BCUT2D eigenvalue weighted by molar-refractivity contribution is -0.159. The lowest BCUT2D eigenvalue weighted by Crippen LogP contribution is -2.29. The number of nitrogens with two attached hydrogens (primary N) is 1. The minimum atomic E-state index is -0.930. The molecule has 1 aliphatic heterocycles. The number of hydrogen-bond donors (Lipinski definition) is 4. The minimum Gasteiger partial charge on any atom is -0.466 e. The average Bonchev–Trinajstić information content (AvgIpc) is 3.10. The number of rotatable bonds is 6. The van der Waals surface area contributed by atoms with Gasteiger partial charge in [0.2, 0.25) is 0 Å². The van der Waals surface area contributed by atoms with E-state index in [1.165, 1.54) is 6.20 Å². The summed E-state index contributed by atoms with van der Waals surface area (Å²) in [6.07, 6.45) is 0.627. The highest BCUT2D eigenvalue weighted by molar-refractivity contribution is 5.93. The number of hydrogen-bond acceptors (Lipinski definition) is 10. The third kappa shape index (κ3) is 5.88. The average molecular weight is 422 g/mol. The van der Waals surface area contributed by atoms with Gasteiger partial charge >= 0.3 is 11.7 Å². The van der Waals surface area contributed by atoms with E-state index in [0.29, 0.717) is 5.06 Å². The molecule has 30 heavy (non-hydrogen) atoms. The molecule has 5 N–H and O–H groups in total. The largest absolute Gasteiger partial charge is 0.466 e. The summed E-state index contributed by atoms with van der Waals surface area (Å²) in [5.41, 5.74) is 5.23. The second-order valence-corrected chi connectivity index (χ2v) is 6.21. The number of nitrogen functional groups attached to an aromatic ring is 1. The Bertz CT molecular complexity index is 932. The smallest absolute Gasteiger partial charge is 0.351 e. The predicted octanol–water partition coefficient (Wildman–Crippen LogP) is -1.85. The Morgan fingerprint density at radius 1 is 1.50 bits per heavy atom. The number of nitrogens with zero attached hydrogens (tertiary/aromatic N) is 3. The van der Waals surface area contributed by atoms with Crippen molar-refractivity contribution in [3.63, 3.8) is 0 Å². The molecule has 1 unspecified atom stereocenters. The Kier molecular flexibility index (Phi) is 8.07. The standard InChI is InChI=1S/C18H22N4O8/c1-29-16(26)6-5-14(25)22(28)7-3-2-4-11-9-21(18(27)20-17(11)19)15-8-12(24)13(10-23)30-15/h5-6,9,12-13,15,23-24,28H,3,7-8,10H2,1H3,(H2,19,20,27)/b6-5+/t12?,13-,15-/m1/s1. The fourth-order valence-corrected chi connectivity index (χ4v) is 2.56. The fraction of sp³-hybridized carbons (Fsp3) is 0.444. The van der Waals surface area contributed by atoms with E-state index >= 15 is 0 Å². The molecule has 0 aromatic carbocycles. The second-order valence-electron chi connectivity index (χ2n) is 6.21. The Morgan fingerprint density at radius 3 is 2.87 bits per heavy atom. The van der Waals surface area contributed by atoms with Crippen molar-refractivity contribution in [2.45, 2.75) is 31.3 Å². The molecular weight excluding hydrogens is 400 g/mol. The van der Waals surface area contributed by atoms with Crippen LogP contribution in [0.1, 0.15) is 24.6 Å². The van der Waals surface area contributed by atoms with Crippen LogP contribution < -0.4 is 11.4 Å². The molecule has 0 aliphatic carbocycles. The molecule has 1 fully saturated rings. The predicted molar refractivity (Wildman–Crippen MR) is 101 cm³/mol. The number of aliphatic hydroxyl groups is 2. The first kappa shape index (κ1) is 23.0. The van der Waals surface area contributed by atoms with Gasteiger partial charge in [0, 0.05) is 31.2 Å². The van der Waals surface area contributed by atoms with Gasteiger partial charge in [-0.3, -0.25) is 14.6 Å². The summed E-state index contributed by atoms with van der Waals surface area (Å²) < 4.78 is 10.9. The summed E-state index contributed by atoms with van der Waals surface area (Å²) in [6.45, 7) is -0.549. The Labute approximate surface area is 171 Å². The van der Waals surface area contributed by atoms with Crippen LogP contribution in [0.2, 0.25) is 0 Å². The van der Waals surface area contributed by atoms with Gasteiger partial charge < -0.3 is 25.4 Å². The number of methoxy groups -OCH3 is 1. The van der Waals surface area contributed by atoms with Crippen molar-refractivity contribution in [3.8, 4) is 11.8 Å². The highest BCUT2D eigenvalue weighted by Crippen LogP contribution is 2.27. The molecule has 1 amide bonds. The first-order valence-electron chi connectivity index (χ1n) is 8.85. The SMILES string of the molecule is COC(=O)/C=C/C(=O)N(O)CCC#Cc1cn([C@H]2CC(O)[C@@H](CO)O2)c(=O)nc1N. The van der Waals surface area contributed by atoms with Crippen molar-refractivity contribution in [3.05, 3.63) is 34.4 Å². The number of amides is 1. The van der Waals surface area contributed by atoms with E-state index in [1.807, 2.05) is 0 Å². The summed E-state index contributed by atoms with van der Waals surface area (Å²) in [5.74, 6) is 3.70. The molecule has 12 nitrogen and oxygen atoms in total. The number of esters is 1. The lowest BCUT2D eigenvalue weighted by atomic mass is 10.2. The van der Waals surface area contributed by atoms with Crippen molar-refractivity contribution >= 4 is 17.7 Å². The molecule has 162 valence electrons. The van der Waals surface area contributed by atoms with Gasteiger partial charge in [-0.25, -0.2) is 14.7 Å². The molecule has 1 aliphatic rings. The van der Waals surface area contributed by atoms with E-state index in [2.05, 4.69) is 21.6 Å². The summed E-state index contributed by atoms with van der Waals surface area (Å²) in [5, 5.41) is 29.0. The van der Waals surface area contributed by atoms with E-state index < -0.39 is 42.6 Å². The van der Waals surface area contributed by atoms with E-state index in [0.717, 1.165) is 23.8 Å². The van der Waals surface area contributed by atoms with Crippen LogP contribution in [-0.2, 0) is 19.1 Å². The third-order valence-electron chi connectivity index (χ3n) is 4.16. The topological polar surface area (TPSA) is 177 Å². The van der Waals surface area contributed by atoms with Crippen molar-refractivity contribution in [1.82, 2.24) is 14.6 Å². The molecule has 0 spiro atoms. The van der Waals surface area contributed by atoms with Crippen molar-refractivity contribution in [2.24, 2.45) is 0 Å². The van der Waals surface area contributed by atoms with Crippen LogP contribution in [0, 0.1) is 11.8 Å². The number of carbonyl (C=O) groups excluding carboxylic acids is 2. The van der Waals surface area contributed by atoms with E-state index in [1.54, 1.807) is 0 Å². The maximum atomic E-state index is 12.1. The lowest BCUT2D eigenvalue weighted by Gasteiger charge is -2.15. The minimum absolute atomic E-state index is 0.0537. The number of aliphatic hydroxyl groups excluding tert-OH is 2. The molecule has 2 heterocycles. The van der Waals surface area contributed by atoms with Crippen molar-refractivity contribution in [2.75, 3.05) is 26.0 Å². The van der Waals surface area contributed by atoms with Gasteiger partial charge in [0.05, 0.1) is 31.9 Å². The zero-order valence-electron chi connectivity index (χ0n) is 16.1. The number of ether oxygens (including phenoxy) is 2. The zero-order valence-corrected chi connectivity index (χ0v) is 16.1. The number of aromatic nitrogens is 2. The maximum absolute atomic E-state index is 12.1. The summed E-state index contributed by atoms with van der Waals surface area (Å²) in [6, 6.07) is 0. The highest BCUT2D eigenvalue weighted by atomic mass is 16.5. The third-order valence-corrected chi connectivity index (χ3v) is 4.16. The van der Waals surface area contributed by atoms with Crippen LogP contribution in [0.5, 0.6) is 0 Å². The van der Waals surface area contributed by atoms with Crippen molar-refractivity contribution in [1.29, 1.82) is 0 Å². The van der Waals surface area contributed by atoms with E-state index in [4.69, 9.17) is 15.6 Å². The summed E-state index contributed by atoms with van der Waals surface area (Å²) >= 11 is 0. The van der Waals surface area contributed by atoms with E-state index in [-0.39, 0.29) is 30.8 Å². The van der Waals surface area contributed by atoms with Gasteiger partial charge in [-0.2, -0.15) is 4.98 Å². The van der Waals surface area contributed by atoms with Gasteiger partial charge in [0.25, 0.3) is 5.91 Å². The van der Waals surface area contributed by atoms with Gasteiger partial charge in [-0.15, -0.1) is 0 Å². The van der Waals surface area contributed by atoms with Crippen LogP contribution in [0.4, 0.5) is 5.82 Å². The molecule has 1 aromatic rings. The zero-order chi connectivity index (χ0) is 22.3. The molecule has 1 saturated heterocycles. The Morgan fingerprint density at radius 2 is 2.23 bits per heavy atom. The molecule has 1 aromatic heterocycles. The second kappa shape index (κ2) is 10.5. The first-order chi connectivity index (χ1) is 14.3. The van der Waals surface area contributed by atoms with Crippen LogP contribution >= 0.6 is 0 Å². The molecule has 0 radical (unpaired) electrons. The highest BCUT2D eigenvalue weighted by Gasteiger charge is 2.35. The number of hydroxylamine groups is 2. The van der Waals surface area contributed by atoms with Crippen LogP contribution in [0.15, 0.2) is 23.1 Å². The summed E-state index contributed by atoms with van der Waals surface area (Å²) in [7, 11) is 1.15. The molecule has 12 heteroatoms. The van der Waals surface area contributed by atoms with Crippen LogP contribution in [-0.4, -0.2) is 74.4 Å². The van der Waals surface area contributed by atoms with Gasteiger partial charge in [-0.05, 0) is 0 Å². The fourth-order valence-electron chi connectivity index (χ4n) is 2.56. The van der Waals surface area contributed by atoms with Gasteiger partial charge in [0.15, 0.2) is 0 Å². The van der Waals surface area contributed by atoms with E-state index in [9.17, 15) is 24.7 Å². The molecule has 0 bridgehead atoms. The number of anilines is 1.